The lowest BCUT2D eigenvalue weighted by molar-refractivity contribution is 0.662. The van der Waals surface area contributed by atoms with Crippen molar-refractivity contribution >= 4 is 66.3 Å². The number of nitrogens with one attached hydrogen (secondary N) is 1. The first-order valence-electron chi connectivity index (χ1n) is 16.1. The first-order chi connectivity index (χ1) is 23.8. The molecule has 0 aliphatic carbocycles. The standard InChI is InChI=1S/C43H27N3O2/c1-2-11-27(12-3-1)41-44-42(33-15-8-18-36-39(33)31-14-6-7-17-35(31)47-36)46-43(45-41)34-16-9-19-37-40(34)32-23-22-30(25-38(32)48-37)29-21-20-26-10-4-5-13-28(26)24-29/h1-25,42H,(H,44,45,46). The van der Waals surface area contributed by atoms with Crippen LogP contribution in [0, 0.1) is 0 Å². The molecular weight excluding hydrogens is 590 g/mol. The van der Waals surface area contributed by atoms with E-state index < -0.39 is 6.17 Å². The average molecular weight is 618 g/mol. The Hall–Kier alpha value is -6.46. The van der Waals surface area contributed by atoms with Gasteiger partial charge in [0.1, 0.15) is 34.3 Å². The molecule has 0 amide bonds. The van der Waals surface area contributed by atoms with Crippen LogP contribution in [0.1, 0.15) is 22.9 Å². The van der Waals surface area contributed by atoms with E-state index in [0.717, 1.165) is 77.5 Å². The monoisotopic (exact) mass is 617 g/mol. The summed E-state index contributed by atoms with van der Waals surface area (Å²) in [5.41, 5.74) is 8.53. The molecule has 5 heteroatoms. The maximum atomic E-state index is 6.52. The Morgan fingerprint density at radius 2 is 1.17 bits per heavy atom. The molecule has 1 N–H and O–H groups in total. The molecule has 0 bridgehead atoms. The summed E-state index contributed by atoms with van der Waals surface area (Å²) >= 11 is 0. The lowest BCUT2D eigenvalue weighted by Crippen LogP contribution is -2.33. The zero-order valence-electron chi connectivity index (χ0n) is 25.7. The second-order valence-electron chi connectivity index (χ2n) is 12.2. The van der Waals surface area contributed by atoms with E-state index in [1.807, 2.05) is 60.7 Å². The molecule has 10 rings (SSSR count). The number of fused-ring (bicyclic) bond motifs is 7. The molecule has 0 saturated heterocycles. The SMILES string of the molecule is c1ccc(C2=NC(c3cccc4oc5cc(-c6ccc7ccccc7c6)ccc5c34)=NC(c3cccc4oc5ccccc5c34)N2)cc1. The van der Waals surface area contributed by atoms with Gasteiger partial charge in [0.25, 0.3) is 0 Å². The van der Waals surface area contributed by atoms with Crippen molar-refractivity contribution in [1.82, 2.24) is 5.32 Å². The van der Waals surface area contributed by atoms with Gasteiger partial charge in [-0.25, -0.2) is 9.98 Å². The fraction of sp³-hybridized carbons (Fsp3) is 0.0233. The van der Waals surface area contributed by atoms with Gasteiger partial charge >= 0.3 is 0 Å². The minimum Gasteiger partial charge on any atom is -0.456 e. The van der Waals surface area contributed by atoms with E-state index in [-0.39, 0.29) is 0 Å². The molecule has 7 aromatic carbocycles. The summed E-state index contributed by atoms with van der Waals surface area (Å²) < 4.78 is 12.8. The second kappa shape index (κ2) is 10.5. The molecule has 0 radical (unpaired) electrons. The molecular formula is C43H27N3O2. The molecule has 9 aromatic rings. The van der Waals surface area contributed by atoms with Gasteiger partial charge < -0.3 is 14.2 Å². The fourth-order valence-corrected chi connectivity index (χ4v) is 7.06. The minimum atomic E-state index is -0.398. The molecule has 5 nitrogen and oxygen atoms in total. The van der Waals surface area contributed by atoms with Crippen LogP contribution in [0.4, 0.5) is 0 Å². The fourth-order valence-electron chi connectivity index (χ4n) is 7.06. The van der Waals surface area contributed by atoms with Crippen LogP contribution in [0.5, 0.6) is 0 Å². The normalized spacial score (nSPS) is 14.9. The van der Waals surface area contributed by atoms with E-state index >= 15 is 0 Å². The van der Waals surface area contributed by atoms with Crippen LogP contribution in [0.15, 0.2) is 170 Å². The van der Waals surface area contributed by atoms with E-state index in [9.17, 15) is 0 Å². The Morgan fingerprint density at radius 1 is 0.479 bits per heavy atom. The Morgan fingerprint density at radius 3 is 2.08 bits per heavy atom. The summed E-state index contributed by atoms with van der Waals surface area (Å²) in [6, 6.07) is 52.2. The highest BCUT2D eigenvalue weighted by atomic mass is 16.3. The van der Waals surface area contributed by atoms with Gasteiger partial charge in [0.05, 0.1) is 0 Å². The van der Waals surface area contributed by atoms with Crippen LogP contribution >= 0.6 is 0 Å². The largest absolute Gasteiger partial charge is 0.456 e. The van der Waals surface area contributed by atoms with Crippen molar-refractivity contribution in [3.63, 3.8) is 0 Å². The average Bonchev–Trinajstić information content (AvgIpc) is 3.73. The van der Waals surface area contributed by atoms with E-state index in [0.29, 0.717) is 5.84 Å². The highest BCUT2D eigenvalue weighted by molar-refractivity contribution is 6.22. The van der Waals surface area contributed by atoms with Crippen LogP contribution in [-0.4, -0.2) is 11.7 Å². The summed E-state index contributed by atoms with van der Waals surface area (Å²) in [6.07, 6.45) is -0.398. The maximum Gasteiger partial charge on any atom is 0.160 e. The molecule has 1 aliphatic heterocycles. The third-order valence-corrected chi connectivity index (χ3v) is 9.34. The summed E-state index contributed by atoms with van der Waals surface area (Å²) in [4.78, 5) is 10.4. The van der Waals surface area contributed by atoms with E-state index in [1.54, 1.807) is 0 Å². The second-order valence-corrected chi connectivity index (χ2v) is 12.2. The minimum absolute atomic E-state index is 0.398. The maximum absolute atomic E-state index is 6.52. The number of aliphatic imine (C=N–C) groups is 2. The van der Waals surface area contributed by atoms with Crippen LogP contribution in [0.3, 0.4) is 0 Å². The van der Waals surface area contributed by atoms with Gasteiger partial charge in [-0.05, 0) is 58.3 Å². The highest BCUT2D eigenvalue weighted by Crippen LogP contribution is 2.38. The van der Waals surface area contributed by atoms with E-state index in [2.05, 4.69) is 96.3 Å². The van der Waals surface area contributed by atoms with Crippen molar-refractivity contribution in [2.24, 2.45) is 9.98 Å². The first-order valence-corrected chi connectivity index (χ1v) is 16.1. The lowest BCUT2D eigenvalue weighted by atomic mass is 9.99. The molecule has 48 heavy (non-hydrogen) atoms. The Balaban J connectivity index is 1.15. The van der Waals surface area contributed by atoms with Crippen molar-refractivity contribution in [2.75, 3.05) is 0 Å². The van der Waals surface area contributed by atoms with Gasteiger partial charge in [0.2, 0.25) is 0 Å². The predicted octanol–water partition coefficient (Wildman–Crippen LogP) is 10.8. The van der Waals surface area contributed by atoms with Gasteiger partial charge in [-0.2, -0.15) is 0 Å². The predicted molar refractivity (Wildman–Crippen MR) is 196 cm³/mol. The third-order valence-electron chi connectivity index (χ3n) is 9.34. The Bertz CT molecular complexity index is 2770. The van der Waals surface area contributed by atoms with Crippen molar-refractivity contribution in [3.8, 4) is 11.1 Å². The number of benzene rings is 7. The molecule has 2 aromatic heterocycles. The molecule has 226 valence electrons. The molecule has 1 unspecified atom stereocenters. The molecule has 1 atom stereocenters. The van der Waals surface area contributed by atoms with Crippen LogP contribution in [0.25, 0.3) is 65.8 Å². The van der Waals surface area contributed by atoms with Crippen molar-refractivity contribution in [2.45, 2.75) is 6.17 Å². The first kappa shape index (κ1) is 26.7. The third kappa shape index (κ3) is 4.25. The number of rotatable bonds is 4. The molecule has 0 spiro atoms. The molecule has 1 aliphatic rings. The number of hydrogen-bond acceptors (Lipinski definition) is 5. The number of para-hydroxylation sites is 1. The van der Waals surface area contributed by atoms with Crippen LogP contribution in [-0.2, 0) is 0 Å². The summed E-state index contributed by atoms with van der Waals surface area (Å²) in [5, 5.41) is 10.2. The van der Waals surface area contributed by atoms with Crippen molar-refractivity contribution in [1.29, 1.82) is 0 Å². The highest BCUT2D eigenvalue weighted by Gasteiger charge is 2.26. The van der Waals surface area contributed by atoms with Gasteiger partial charge in [-0.1, -0.05) is 115 Å². The molecule has 0 saturated carbocycles. The molecule has 3 heterocycles. The smallest absolute Gasteiger partial charge is 0.160 e. The zero-order valence-corrected chi connectivity index (χ0v) is 25.7. The van der Waals surface area contributed by atoms with Crippen molar-refractivity contribution in [3.05, 3.63) is 168 Å². The van der Waals surface area contributed by atoms with Gasteiger partial charge in [-0.15, -0.1) is 0 Å². The van der Waals surface area contributed by atoms with Gasteiger partial charge in [-0.3, -0.25) is 0 Å². The Kier molecular flexibility index (Phi) is 5.87. The molecule has 0 fully saturated rings. The summed E-state index contributed by atoms with van der Waals surface area (Å²) in [6.45, 7) is 0. The van der Waals surface area contributed by atoms with Crippen molar-refractivity contribution < 1.29 is 8.83 Å². The van der Waals surface area contributed by atoms with Crippen LogP contribution in [0.2, 0.25) is 0 Å². The topological polar surface area (TPSA) is 63.0 Å². The van der Waals surface area contributed by atoms with Crippen LogP contribution < -0.4 is 5.32 Å². The zero-order chi connectivity index (χ0) is 31.6. The van der Waals surface area contributed by atoms with E-state index in [1.165, 1.54) is 10.8 Å². The number of nitrogens with zero attached hydrogens (tertiary/aromatic N) is 2. The summed E-state index contributed by atoms with van der Waals surface area (Å²) in [7, 11) is 0. The van der Waals surface area contributed by atoms with E-state index in [4.69, 9.17) is 18.8 Å². The Labute approximate surface area is 275 Å². The number of furan rings is 2. The van der Waals surface area contributed by atoms with Gasteiger partial charge in [0.15, 0.2) is 5.84 Å². The van der Waals surface area contributed by atoms with Gasteiger partial charge in [0, 0.05) is 38.2 Å². The number of hydrogen-bond donors (Lipinski definition) is 1. The quantitative estimate of drug-likeness (QED) is 0.214. The summed E-state index contributed by atoms with van der Waals surface area (Å²) in [5.74, 6) is 1.41. The number of amidine groups is 2. The lowest BCUT2D eigenvalue weighted by Gasteiger charge is -2.24.